The number of benzene rings is 1. The van der Waals surface area contributed by atoms with Crippen LogP contribution in [0.4, 0.5) is 0 Å². The number of hydrogen-bond donors (Lipinski definition) is 3. The molecule has 1 aromatic rings. The molecule has 0 heterocycles. The zero-order valence-corrected chi connectivity index (χ0v) is 11.5. The van der Waals surface area contributed by atoms with E-state index in [0.29, 0.717) is 5.75 Å². The van der Waals surface area contributed by atoms with Crippen LogP contribution in [0, 0.1) is 0 Å². The molecule has 0 aliphatic rings. The average Bonchev–Trinajstić information content (AvgIpc) is 2.42. The molecule has 3 N–H and O–H groups in total. The number of ether oxygens (including phenoxy) is 1. The minimum absolute atomic E-state index is 0.0485. The quantitative estimate of drug-likeness (QED) is 0.466. The minimum atomic E-state index is -0.577. The fourth-order valence-electron chi connectivity index (χ4n) is 1.12. The second kappa shape index (κ2) is 9.29. The van der Waals surface area contributed by atoms with Crippen molar-refractivity contribution in [1.82, 2.24) is 4.72 Å². The molecule has 0 spiro atoms. The molecular formula is C12H17NO3S2. The van der Waals surface area contributed by atoms with Crippen LogP contribution in [0.15, 0.2) is 30.3 Å². The summed E-state index contributed by atoms with van der Waals surface area (Å²) in [7, 11) is 0. The third-order valence-electron chi connectivity index (χ3n) is 2.06. The second-order valence-electron chi connectivity index (χ2n) is 3.63. The van der Waals surface area contributed by atoms with Gasteiger partial charge in [-0.3, -0.25) is 4.72 Å². The van der Waals surface area contributed by atoms with Crippen molar-refractivity contribution in [2.45, 2.75) is 12.1 Å². The van der Waals surface area contributed by atoms with Crippen molar-refractivity contribution < 1.29 is 14.9 Å². The van der Waals surface area contributed by atoms with Crippen LogP contribution >= 0.6 is 24.2 Å². The van der Waals surface area contributed by atoms with Crippen LogP contribution in [0.5, 0.6) is 5.75 Å². The largest absolute Gasteiger partial charge is 0.491 e. The van der Waals surface area contributed by atoms with Crippen LogP contribution in [0.1, 0.15) is 0 Å². The van der Waals surface area contributed by atoms with E-state index in [-0.39, 0.29) is 19.3 Å². The number of aliphatic hydroxyl groups excluding tert-OH is 2. The lowest BCUT2D eigenvalue weighted by Gasteiger charge is -2.14. The molecule has 2 atom stereocenters. The van der Waals surface area contributed by atoms with Crippen molar-refractivity contribution in [1.29, 1.82) is 0 Å². The normalized spacial score (nSPS) is 13.9. The molecule has 0 saturated carbocycles. The van der Waals surface area contributed by atoms with Crippen LogP contribution in [0.3, 0.4) is 0 Å². The molecule has 6 heteroatoms. The first-order chi connectivity index (χ1) is 8.76. The van der Waals surface area contributed by atoms with E-state index in [2.05, 4.69) is 4.72 Å². The number of rotatable bonds is 9. The molecule has 0 amide bonds. The minimum Gasteiger partial charge on any atom is -0.491 e. The highest BCUT2D eigenvalue weighted by molar-refractivity contribution is 7.97. The van der Waals surface area contributed by atoms with Crippen molar-refractivity contribution >= 4 is 29.5 Å². The molecule has 1 aromatic carbocycles. The Kier molecular flexibility index (Phi) is 7.95. The van der Waals surface area contributed by atoms with E-state index in [1.54, 1.807) is 0 Å². The van der Waals surface area contributed by atoms with Gasteiger partial charge in [-0.1, -0.05) is 42.4 Å². The highest BCUT2D eigenvalue weighted by Gasteiger charge is 2.07. The summed E-state index contributed by atoms with van der Waals surface area (Å²) in [5, 5.41) is 20.0. The Morgan fingerprint density at radius 3 is 2.72 bits per heavy atom. The number of hydrogen-bond acceptors (Lipinski definition) is 6. The van der Waals surface area contributed by atoms with Gasteiger partial charge in [0, 0.05) is 5.75 Å². The van der Waals surface area contributed by atoms with E-state index >= 15 is 0 Å². The van der Waals surface area contributed by atoms with Crippen LogP contribution in [-0.2, 0) is 0 Å². The first kappa shape index (κ1) is 15.4. The molecule has 0 bridgehead atoms. The molecule has 0 aliphatic heterocycles. The first-order valence-electron chi connectivity index (χ1n) is 5.55. The molecule has 4 nitrogen and oxygen atoms in total. The van der Waals surface area contributed by atoms with E-state index in [9.17, 15) is 5.11 Å². The van der Waals surface area contributed by atoms with E-state index in [1.807, 2.05) is 30.3 Å². The number of nitrogens with one attached hydrogen (secondary N) is 1. The van der Waals surface area contributed by atoms with Crippen LogP contribution in [0.25, 0.3) is 0 Å². The van der Waals surface area contributed by atoms with Crippen molar-refractivity contribution in [2.75, 3.05) is 19.0 Å². The standard InChI is InChI=1S/C12H17NO3S2/c14-6-10(8-17)13-18-9-11(15)7-16-12-4-2-1-3-5-12/h1-5,8,10-11,13-15H,6-7,9H2/t10-,11?/m0/s1. The predicted octanol–water partition coefficient (Wildman–Crippen LogP) is 1.02. The summed E-state index contributed by atoms with van der Waals surface area (Å²) >= 11 is 6.03. The lowest BCUT2D eigenvalue weighted by Crippen LogP contribution is -2.30. The highest BCUT2D eigenvalue weighted by Crippen LogP contribution is 2.09. The second-order valence-corrected chi connectivity index (χ2v) is 4.76. The van der Waals surface area contributed by atoms with Gasteiger partial charge in [0.05, 0.1) is 18.8 Å². The summed E-state index contributed by atoms with van der Waals surface area (Å²) in [5.41, 5.74) is 0. The maximum Gasteiger partial charge on any atom is 0.119 e. The van der Waals surface area contributed by atoms with Crippen molar-refractivity contribution in [3.8, 4) is 5.75 Å². The van der Waals surface area contributed by atoms with Crippen molar-refractivity contribution in [3.63, 3.8) is 0 Å². The van der Waals surface area contributed by atoms with Crippen LogP contribution in [-0.4, -0.2) is 46.7 Å². The third-order valence-corrected chi connectivity index (χ3v) is 3.41. The summed E-state index contributed by atoms with van der Waals surface area (Å²) in [4.78, 5) is 0. The third kappa shape index (κ3) is 6.32. The average molecular weight is 287 g/mol. The van der Waals surface area contributed by atoms with Gasteiger partial charge in [-0.15, -0.1) is 0 Å². The topological polar surface area (TPSA) is 61.7 Å². The maximum atomic E-state index is 9.68. The lowest BCUT2D eigenvalue weighted by molar-refractivity contribution is 0.126. The molecule has 1 unspecified atom stereocenters. The van der Waals surface area contributed by atoms with Gasteiger partial charge in [0.1, 0.15) is 12.4 Å². The first-order valence-corrected chi connectivity index (χ1v) is 7.01. The molecule has 1 rings (SSSR count). The van der Waals surface area contributed by atoms with Gasteiger partial charge in [0.15, 0.2) is 0 Å². The fraction of sp³-hybridized carbons (Fsp3) is 0.417. The summed E-state index contributed by atoms with van der Waals surface area (Å²) in [6.07, 6.45) is -0.577. The van der Waals surface area contributed by atoms with E-state index in [0.717, 1.165) is 5.75 Å². The zero-order chi connectivity index (χ0) is 13.2. The molecule has 0 aliphatic carbocycles. The Morgan fingerprint density at radius 1 is 1.39 bits per heavy atom. The highest BCUT2D eigenvalue weighted by atomic mass is 32.2. The van der Waals surface area contributed by atoms with E-state index in [4.69, 9.17) is 22.1 Å². The molecule has 0 saturated heterocycles. The smallest absolute Gasteiger partial charge is 0.119 e. The van der Waals surface area contributed by atoms with E-state index < -0.39 is 6.10 Å². The SMILES string of the molecule is OC[C@@H](C=S)NSCC(O)COc1ccccc1. The van der Waals surface area contributed by atoms with Gasteiger partial charge in [-0.05, 0) is 17.5 Å². The van der Waals surface area contributed by atoms with Gasteiger partial charge >= 0.3 is 0 Å². The monoisotopic (exact) mass is 287 g/mol. The Balaban J connectivity index is 2.14. The fourth-order valence-corrected chi connectivity index (χ4v) is 2.10. The zero-order valence-electron chi connectivity index (χ0n) is 9.86. The molecular weight excluding hydrogens is 270 g/mol. The molecule has 0 radical (unpaired) electrons. The van der Waals surface area contributed by atoms with Gasteiger partial charge < -0.3 is 14.9 Å². The molecule has 0 fully saturated rings. The Morgan fingerprint density at radius 2 is 2.11 bits per heavy atom. The molecule has 18 heavy (non-hydrogen) atoms. The Labute approximate surface area is 116 Å². The molecule has 0 aromatic heterocycles. The van der Waals surface area contributed by atoms with Crippen LogP contribution < -0.4 is 9.46 Å². The Hall–Kier alpha value is -0.660. The number of para-hydroxylation sites is 1. The lowest BCUT2D eigenvalue weighted by atomic mass is 10.3. The summed E-state index contributed by atoms with van der Waals surface area (Å²) in [6.45, 7) is 0.188. The summed E-state index contributed by atoms with van der Waals surface area (Å²) in [6, 6.07) is 9.11. The van der Waals surface area contributed by atoms with Gasteiger partial charge in [0.2, 0.25) is 0 Å². The summed E-state index contributed by atoms with van der Waals surface area (Å²) in [5.74, 6) is 1.20. The Bertz CT molecular complexity index is 337. The predicted molar refractivity (Wildman–Crippen MR) is 78.1 cm³/mol. The van der Waals surface area contributed by atoms with Crippen molar-refractivity contribution in [2.24, 2.45) is 0 Å². The van der Waals surface area contributed by atoms with E-state index in [1.165, 1.54) is 17.3 Å². The number of thiocarbonyl (C=S) groups is 1. The number of aliphatic hydroxyl groups is 2. The summed E-state index contributed by atoms with van der Waals surface area (Å²) < 4.78 is 8.35. The maximum absolute atomic E-state index is 9.68. The van der Waals surface area contributed by atoms with Gasteiger partial charge in [0.25, 0.3) is 0 Å². The van der Waals surface area contributed by atoms with Crippen molar-refractivity contribution in [3.05, 3.63) is 30.3 Å². The van der Waals surface area contributed by atoms with Gasteiger partial charge in [-0.2, -0.15) is 0 Å². The van der Waals surface area contributed by atoms with Crippen LogP contribution in [0.2, 0.25) is 0 Å². The van der Waals surface area contributed by atoms with Gasteiger partial charge in [-0.25, -0.2) is 0 Å². The molecule has 100 valence electrons.